The van der Waals surface area contributed by atoms with Crippen molar-refractivity contribution in [3.05, 3.63) is 60.7 Å². The Kier molecular flexibility index (Phi) is 9.49. The molecule has 2 aliphatic carbocycles. The molecule has 13 nitrogen and oxygen atoms in total. The molecule has 4 aliphatic rings. The number of nitrogens with zero attached hydrogens (tertiary/aromatic N) is 2. The van der Waals surface area contributed by atoms with Gasteiger partial charge >= 0.3 is 0 Å². The van der Waals surface area contributed by atoms with E-state index in [9.17, 15) is 32.7 Å². The molecule has 2 saturated carbocycles. The lowest BCUT2D eigenvalue weighted by atomic mass is 10.0. The van der Waals surface area contributed by atoms with Crippen molar-refractivity contribution in [1.29, 1.82) is 0 Å². The fourth-order valence-corrected chi connectivity index (χ4v) is 8.67. The molecule has 3 fully saturated rings. The van der Waals surface area contributed by atoms with Gasteiger partial charge in [-0.05, 0) is 69.9 Å². The molecule has 0 spiro atoms. The normalized spacial score (nSPS) is 27.8. The summed E-state index contributed by atoms with van der Waals surface area (Å²) in [7, 11) is -3.89. The molecular weight excluding hydrogens is 687 g/mol. The third-order valence-corrected chi connectivity index (χ3v) is 12.4. The van der Waals surface area contributed by atoms with Crippen LogP contribution < -0.4 is 20.1 Å². The van der Waals surface area contributed by atoms with Gasteiger partial charge in [-0.1, -0.05) is 61.4 Å². The quantitative estimate of drug-likeness (QED) is 0.210. The van der Waals surface area contributed by atoms with Gasteiger partial charge < -0.3 is 25.4 Å². The number of benzene rings is 2. The molecule has 4 N–H and O–H groups in total. The van der Waals surface area contributed by atoms with Gasteiger partial charge in [0, 0.05) is 23.1 Å². The zero-order chi connectivity index (χ0) is 36.8. The molecule has 0 unspecified atom stereocenters. The summed E-state index contributed by atoms with van der Waals surface area (Å²) in [6.45, 7) is 2.65. The summed E-state index contributed by atoms with van der Waals surface area (Å²) >= 11 is 0. The number of sulfonamides is 1. The van der Waals surface area contributed by atoms with Crippen molar-refractivity contribution in [2.45, 2.75) is 106 Å². The largest absolute Gasteiger partial charge is 0.472 e. The number of rotatable bonds is 7. The molecule has 14 heteroatoms. The monoisotopic (exact) mass is 731 g/mol. The first kappa shape index (κ1) is 35.8. The van der Waals surface area contributed by atoms with Crippen LogP contribution >= 0.6 is 0 Å². The molecule has 2 aliphatic heterocycles. The maximum absolute atomic E-state index is 14.4. The Hall–Kier alpha value is -4.56. The number of para-hydroxylation sites is 1. The first-order valence-corrected chi connectivity index (χ1v) is 19.6. The van der Waals surface area contributed by atoms with Crippen LogP contribution in [0.5, 0.6) is 5.88 Å². The van der Waals surface area contributed by atoms with Crippen molar-refractivity contribution in [2.75, 3.05) is 6.54 Å². The molecule has 2 aromatic carbocycles. The van der Waals surface area contributed by atoms with Crippen LogP contribution in [-0.4, -0.2) is 88.2 Å². The van der Waals surface area contributed by atoms with Crippen molar-refractivity contribution in [3.63, 3.8) is 0 Å². The first-order chi connectivity index (χ1) is 24.8. The lowest BCUT2D eigenvalue weighted by molar-refractivity contribution is -0.145. The maximum Gasteiger partial charge on any atom is 0.259 e. The van der Waals surface area contributed by atoms with Crippen LogP contribution in [0.3, 0.4) is 0 Å². The van der Waals surface area contributed by atoms with Crippen molar-refractivity contribution >= 4 is 55.3 Å². The number of aliphatic hydroxyl groups is 1. The number of pyridine rings is 1. The van der Waals surface area contributed by atoms with Crippen LogP contribution in [0.1, 0.15) is 71.6 Å². The predicted molar refractivity (Wildman–Crippen MR) is 193 cm³/mol. The van der Waals surface area contributed by atoms with E-state index < -0.39 is 74.1 Å². The first-order valence-electron chi connectivity index (χ1n) is 18.1. The van der Waals surface area contributed by atoms with Gasteiger partial charge in [0.25, 0.3) is 11.8 Å². The Labute approximate surface area is 302 Å². The smallest absolute Gasteiger partial charge is 0.259 e. The summed E-state index contributed by atoms with van der Waals surface area (Å²) in [5.41, 5.74) is -2.54. The molecule has 0 bridgehead atoms. The number of ether oxygens (including phenoxy) is 1. The zero-order valence-electron chi connectivity index (χ0n) is 29.3. The highest BCUT2D eigenvalue weighted by Gasteiger charge is 2.62. The summed E-state index contributed by atoms with van der Waals surface area (Å²) in [4.78, 5) is 61.6. The third kappa shape index (κ3) is 7.23. The van der Waals surface area contributed by atoms with E-state index in [1.165, 1.54) is 18.7 Å². The fraction of sp³-hybridized carbons (Fsp3) is 0.500. The van der Waals surface area contributed by atoms with Crippen LogP contribution in [0, 0.1) is 5.92 Å². The van der Waals surface area contributed by atoms with Crippen molar-refractivity contribution in [2.24, 2.45) is 5.92 Å². The number of hydrogen-bond donors (Lipinski definition) is 4. The van der Waals surface area contributed by atoms with Crippen LogP contribution in [0.4, 0.5) is 0 Å². The standard InChI is InChI=1S/C38H45N5O8S/c1-37(2,48)35(46)40-30-17-7-5-3-4-6-12-23-21-38(23,36(47)42-52(49,50)25-18-19-25)41-32(44)31-20-24(22-43(31)34(30)45)51-33-28-15-9-8-13-26(28)27-14-10-11-16-29(27)39-33/h6,8-16,23-25,30-31,48H,3-5,7,17-22H2,1-2H3,(H,40,46)(H,41,44)(H,42,47)/b12-6-/t23-,24-,30+,31+,38-/m1/s1. The third-order valence-electron chi connectivity index (χ3n) is 10.6. The minimum absolute atomic E-state index is 0.0206. The maximum atomic E-state index is 14.4. The number of hydrogen-bond acceptors (Lipinski definition) is 9. The molecule has 276 valence electrons. The lowest BCUT2D eigenvalue weighted by Crippen LogP contribution is -2.59. The molecule has 1 saturated heterocycles. The van der Waals surface area contributed by atoms with Gasteiger partial charge in [-0.25, -0.2) is 13.4 Å². The highest BCUT2D eigenvalue weighted by Crippen LogP contribution is 2.46. The topological polar surface area (TPSA) is 184 Å². The number of fused-ring (bicyclic) bond motifs is 5. The van der Waals surface area contributed by atoms with E-state index in [0.29, 0.717) is 37.1 Å². The van der Waals surface area contributed by atoms with Gasteiger partial charge in [-0.2, -0.15) is 0 Å². The molecule has 3 aromatic rings. The van der Waals surface area contributed by atoms with Crippen molar-refractivity contribution in [1.82, 2.24) is 25.2 Å². The van der Waals surface area contributed by atoms with Gasteiger partial charge in [0.05, 0.1) is 17.3 Å². The van der Waals surface area contributed by atoms with E-state index in [0.717, 1.165) is 29.0 Å². The second kappa shape index (κ2) is 13.8. The molecule has 3 heterocycles. The zero-order valence-corrected chi connectivity index (χ0v) is 30.2. The van der Waals surface area contributed by atoms with Gasteiger partial charge in [0.2, 0.25) is 27.7 Å². The minimum atomic E-state index is -3.89. The van der Waals surface area contributed by atoms with Crippen LogP contribution in [0.25, 0.3) is 21.7 Å². The van der Waals surface area contributed by atoms with E-state index in [4.69, 9.17) is 9.72 Å². The molecular formula is C38H45N5O8S. The Morgan fingerprint density at radius 2 is 1.71 bits per heavy atom. The summed E-state index contributed by atoms with van der Waals surface area (Å²) < 4.78 is 34.4. The van der Waals surface area contributed by atoms with Crippen molar-refractivity contribution < 1.29 is 37.4 Å². The summed E-state index contributed by atoms with van der Waals surface area (Å²) in [6, 6.07) is 13.2. The Bertz CT molecular complexity index is 2060. The molecule has 1 aromatic heterocycles. The van der Waals surface area contributed by atoms with Gasteiger partial charge in [0.15, 0.2) is 0 Å². The number of allylic oxidation sites excluding steroid dienone is 1. The Morgan fingerprint density at radius 3 is 2.44 bits per heavy atom. The molecule has 52 heavy (non-hydrogen) atoms. The molecule has 0 radical (unpaired) electrons. The number of nitrogens with one attached hydrogen (secondary N) is 3. The average Bonchev–Trinajstić information content (AvgIpc) is 4.03. The fourth-order valence-electron chi connectivity index (χ4n) is 7.30. The number of carbonyl (C=O) groups excluding carboxylic acids is 4. The molecule has 5 atom stereocenters. The average molecular weight is 732 g/mol. The van der Waals surface area contributed by atoms with Crippen LogP contribution in [0.15, 0.2) is 60.7 Å². The van der Waals surface area contributed by atoms with Gasteiger partial charge in [-0.15, -0.1) is 0 Å². The van der Waals surface area contributed by atoms with Gasteiger partial charge in [0.1, 0.15) is 29.3 Å². The highest BCUT2D eigenvalue weighted by atomic mass is 32.2. The lowest BCUT2D eigenvalue weighted by Gasteiger charge is -2.31. The number of amides is 4. The summed E-state index contributed by atoms with van der Waals surface area (Å²) in [6.07, 6.45) is 7.38. The number of carbonyl (C=O) groups is 4. The van der Waals surface area contributed by atoms with E-state index in [1.54, 1.807) is 0 Å². The predicted octanol–water partition coefficient (Wildman–Crippen LogP) is 3.00. The van der Waals surface area contributed by atoms with E-state index >= 15 is 0 Å². The SMILES string of the molecule is CC(C)(O)C(=O)N[C@H]1CCCCC/C=C\[C@@H]2C[C@@]2(C(=O)NS(=O)(=O)C2CC2)NC(=O)[C@@H]2C[C@@H](Oc3nc4ccccc4c4ccccc34)CN2C1=O. The summed E-state index contributed by atoms with van der Waals surface area (Å²) in [5.74, 6) is -2.75. The van der Waals surface area contributed by atoms with Gasteiger partial charge in [-0.3, -0.25) is 23.9 Å². The summed E-state index contributed by atoms with van der Waals surface area (Å²) in [5, 5.41) is 18.0. The highest BCUT2D eigenvalue weighted by molar-refractivity contribution is 7.91. The minimum Gasteiger partial charge on any atom is -0.472 e. The molecule has 4 amide bonds. The molecule has 7 rings (SSSR count). The second-order valence-corrected chi connectivity index (χ2v) is 17.0. The Balaban J connectivity index is 1.22. The van der Waals surface area contributed by atoms with Crippen LogP contribution in [-0.2, 0) is 29.2 Å². The number of aromatic nitrogens is 1. The van der Waals surface area contributed by atoms with E-state index in [2.05, 4.69) is 15.4 Å². The van der Waals surface area contributed by atoms with Crippen LogP contribution in [0.2, 0.25) is 0 Å². The van der Waals surface area contributed by atoms with Crippen molar-refractivity contribution in [3.8, 4) is 5.88 Å². The van der Waals surface area contributed by atoms with E-state index in [1.807, 2.05) is 60.7 Å². The van der Waals surface area contributed by atoms with E-state index in [-0.39, 0.29) is 25.8 Å². The second-order valence-electron chi connectivity index (χ2n) is 15.1. The Morgan fingerprint density at radius 1 is 1.00 bits per heavy atom.